The maximum atomic E-state index is 12.7. The van der Waals surface area contributed by atoms with Crippen LogP contribution in [0.25, 0.3) is 17.4 Å². The molecule has 1 N–H and O–H groups in total. The number of rotatable bonds is 4. The second-order valence-electron chi connectivity index (χ2n) is 8.03. The Kier molecular flexibility index (Phi) is 5.72. The number of amidine groups is 2. The summed E-state index contributed by atoms with van der Waals surface area (Å²) in [5.41, 5.74) is 1.06. The third-order valence-corrected chi connectivity index (χ3v) is 7.01. The first kappa shape index (κ1) is 21.4. The maximum Gasteiger partial charge on any atom is 0.338 e. The van der Waals surface area contributed by atoms with Crippen LogP contribution in [0.5, 0.6) is 0 Å². The van der Waals surface area contributed by atoms with Gasteiger partial charge in [-0.1, -0.05) is 37.5 Å². The van der Waals surface area contributed by atoms with Crippen LogP contribution in [-0.2, 0) is 9.53 Å². The summed E-state index contributed by atoms with van der Waals surface area (Å²) >= 11 is 1.39. The first-order valence-electron chi connectivity index (χ1n) is 10.8. The van der Waals surface area contributed by atoms with Gasteiger partial charge < -0.3 is 9.15 Å². The number of fused-ring (bicyclic) bond motifs is 1. The van der Waals surface area contributed by atoms with Crippen LogP contribution in [0, 0.1) is 11.3 Å². The summed E-state index contributed by atoms with van der Waals surface area (Å²) in [4.78, 5) is 29.0. The van der Waals surface area contributed by atoms with Crippen molar-refractivity contribution in [1.82, 2.24) is 5.01 Å². The summed E-state index contributed by atoms with van der Waals surface area (Å²) in [6, 6.07) is 10.4. The molecule has 2 aliphatic heterocycles. The van der Waals surface area contributed by atoms with E-state index in [4.69, 9.17) is 14.6 Å². The molecule has 0 unspecified atom stereocenters. The minimum atomic E-state index is -0.494. The van der Waals surface area contributed by atoms with Crippen molar-refractivity contribution < 1.29 is 18.7 Å². The first-order valence-corrected chi connectivity index (χ1v) is 11.6. The molecule has 1 amide bonds. The number of carbonyl (C=O) groups is 2. The lowest BCUT2D eigenvalue weighted by molar-refractivity contribution is -0.114. The number of hydrogen-bond donors (Lipinski definition) is 1. The van der Waals surface area contributed by atoms with E-state index >= 15 is 0 Å². The van der Waals surface area contributed by atoms with Crippen LogP contribution in [-0.4, -0.2) is 40.0 Å². The zero-order valence-electron chi connectivity index (χ0n) is 18.0. The predicted octanol–water partition coefficient (Wildman–Crippen LogP) is 4.93. The number of benzene rings is 1. The van der Waals surface area contributed by atoms with E-state index in [9.17, 15) is 9.59 Å². The van der Waals surface area contributed by atoms with Crippen molar-refractivity contribution in [1.29, 1.82) is 5.41 Å². The average Bonchev–Trinajstić information content (AvgIpc) is 3.49. The molecule has 1 aliphatic carbocycles. The van der Waals surface area contributed by atoms with Crippen LogP contribution in [0.4, 0.5) is 0 Å². The first-order chi connectivity index (χ1) is 16.0. The number of amides is 1. The largest absolute Gasteiger partial charge is 0.465 e. The average molecular weight is 463 g/mol. The minimum absolute atomic E-state index is 0.0174. The van der Waals surface area contributed by atoms with Crippen LogP contribution in [0.3, 0.4) is 0 Å². The predicted molar refractivity (Wildman–Crippen MR) is 127 cm³/mol. The van der Waals surface area contributed by atoms with E-state index in [1.54, 1.807) is 36.4 Å². The molecule has 1 saturated carbocycles. The number of carbonyl (C=O) groups excluding carboxylic acids is 2. The molecule has 0 saturated heterocycles. The summed E-state index contributed by atoms with van der Waals surface area (Å²) in [6.45, 7) is 0. The Hall–Kier alpha value is -3.46. The third kappa shape index (κ3) is 4.04. The van der Waals surface area contributed by atoms with E-state index in [1.807, 2.05) is 0 Å². The van der Waals surface area contributed by atoms with Gasteiger partial charge in [0.2, 0.25) is 5.17 Å². The van der Waals surface area contributed by atoms with E-state index in [-0.39, 0.29) is 11.4 Å². The highest BCUT2D eigenvalue weighted by atomic mass is 32.2. The maximum absolute atomic E-state index is 12.7. The molecule has 1 aromatic carbocycles. The fourth-order valence-electron chi connectivity index (χ4n) is 4.22. The van der Waals surface area contributed by atoms with Crippen molar-refractivity contribution in [2.24, 2.45) is 16.0 Å². The number of nitrogens with zero attached hydrogens (tertiary/aromatic N) is 3. The van der Waals surface area contributed by atoms with E-state index in [0.29, 0.717) is 33.7 Å². The van der Waals surface area contributed by atoms with E-state index in [1.165, 1.54) is 49.2 Å². The van der Waals surface area contributed by atoms with Gasteiger partial charge in [0.05, 0.1) is 18.2 Å². The molecule has 168 valence electrons. The monoisotopic (exact) mass is 462 g/mol. The number of nitrogens with one attached hydrogen (secondary N) is 1. The molecule has 0 atom stereocenters. The van der Waals surface area contributed by atoms with Gasteiger partial charge in [-0.15, -0.1) is 0 Å². The summed E-state index contributed by atoms with van der Waals surface area (Å²) in [6.07, 6.45) is 7.26. The Morgan fingerprint density at radius 2 is 2.00 bits per heavy atom. The lowest BCUT2D eigenvalue weighted by Crippen LogP contribution is -2.35. The van der Waals surface area contributed by atoms with Crippen molar-refractivity contribution in [2.75, 3.05) is 7.11 Å². The second kappa shape index (κ2) is 8.82. The van der Waals surface area contributed by atoms with E-state index in [0.717, 1.165) is 17.9 Å². The summed E-state index contributed by atoms with van der Waals surface area (Å²) in [5.74, 6) is 0.222. The fraction of sp³-hybridized carbons (Fsp3) is 0.292. The van der Waals surface area contributed by atoms with Gasteiger partial charge in [-0.05, 0) is 48.9 Å². The van der Waals surface area contributed by atoms with Gasteiger partial charge in [0, 0.05) is 11.5 Å². The Bertz CT molecular complexity index is 1240. The summed E-state index contributed by atoms with van der Waals surface area (Å²) in [7, 11) is 1.32. The van der Waals surface area contributed by atoms with E-state index < -0.39 is 11.9 Å². The zero-order chi connectivity index (χ0) is 22.9. The molecule has 9 heteroatoms. The molecule has 1 aromatic heterocycles. The molecular formula is C24H22N4O4S. The highest BCUT2D eigenvalue weighted by Gasteiger charge is 2.38. The lowest BCUT2D eigenvalue weighted by atomic mass is 9.90. The summed E-state index contributed by atoms with van der Waals surface area (Å²) < 4.78 is 10.7. The topological polar surface area (TPSA) is 108 Å². The fourth-order valence-corrected chi connectivity index (χ4v) is 5.28. The highest BCUT2D eigenvalue weighted by Crippen LogP contribution is 2.36. The van der Waals surface area contributed by atoms with Crippen molar-refractivity contribution in [3.05, 3.63) is 53.3 Å². The van der Waals surface area contributed by atoms with E-state index in [2.05, 4.69) is 10.1 Å². The SMILES string of the molecule is COC(=O)c1ccccc1-c1ccc(/C=C2/C(=N)N3N=C(C4CCCCC4)SC3=NC2=O)o1. The zero-order valence-corrected chi connectivity index (χ0v) is 18.9. The highest BCUT2D eigenvalue weighted by molar-refractivity contribution is 8.27. The lowest BCUT2D eigenvalue weighted by Gasteiger charge is -2.20. The Morgan fingerprint density at radius 3 is 2.79 bits per heavy atom. The van der Waals surface area contributed by atoms with Crippen molar-refractivity contribution in [3.8, 4) is 11.3 Å². The molecule has 3 heterocycles. The molecule has 33 heavy (non-hydrogen) atoms. The van der Waals surface area contributed by atoms with Gasteiger partial charge in [0.15, 0.2) is 5.84 Å². The smallest absolute Gasteiger partial charge is 0.338 e. The number of thioether (sulfide) groups is 1. The molecular weight excluding hydrogens is 440 g/mol. The van der Waals surface area contributed by atoms with Crippen molar-refractivity contribution >= 4 is 45.8 Å². The Morgan fingerprint density at radius 1 is 1.21 bits per heavy atom. The van der Waals surface area contributed by atoms with Crippen LogP contribution < -0.4 is 0 Å². The standard InChI is InChI=1S/C24H22N4O4S/c1-31-23(30)17-10-6-5-9-16(17)19-12-11-15(32-19)13-18-20(25)28-24(26-21(18)29)33-22(27-28)14-7-3-2-4-8-14/h5-6,9-14,25H,2-4,7-8H2,1H3/b18-13-,25-20?. The molecule has 0 radical (unpaired) electrons. The van der Waals surface area contributed by atoms with Crippen LogP contribution in [0.1, 0.15) is 48.2 Å². The number of ether oxygens (including phenoxy) is 1. The molecule has 5 rings (SSSR count). The number of hydrogen-bond acceptors (Lipinski definition) is 7. The van der Waals surface area contributed by atoms with Crippen LogP contribution in [0.15, 0.2) is 56.5 Å². The van der Waals surface area contributed by atoms with Gasteiger partial charge >= 0.3 is 5.97 Å². The summed E-state index contributed by atoms with van der Waals surface area (Å²) in [5, 5.41) is 16.0. The molecule has 0 spiro atoms. The molecule has 3 aliphatic rings. The van der Waals surface area contributed by atoms with Gasteiger partial charge in [0.25, 0.3) is 5.91 Å². The number of aliphatic imine (C=N–C) groups is 1. The van der Waals surface area contributed by atoms with Gasteiger partial charge in [-0.2, -0.15) is 15.1 Å². The quantitative estimate of drug-likeness (QED) is 0.510. The van der Waals surface area contributed by atoms with Crippen LogP contribution in [0.2, 0.25) is 0 Å². The Balaban J connectivity index is 1.42. The molecule has 1 fully saturated rings. The van der Waals surface area contributed by atoms with Gasteiger partial charge in [-0.3, -0.25) is 10.2 Å². The van der Waals surface area contributed by atoms with Crippen molar-refractivity contribution in [2.45, 2.75) is 32.1 Å². The molecule has 8 nitrogen and oxygen atoms in total. The minimum Gasteiger partial charge on any atom is -0.465 e. The van der Waals surface area contributed by atoms with Gasteiger partial charge in [-0.25, -0.2) is 4.79 Å². The molecule has 0 bridgehead atoms. The van der Waals surface area contributed by atoms with Gasteiger partial charge in [0.1, 0.15) is 16.6 Å². The van der Waals surface area contributed by atoms with Crippen LogP contribution >= 0.6 is 11.8 Å². The second-order valence-corrected chi connectivity index (χ2v) is 9.02. The normalized spacial score (nSPS) is 20.0. The number of methoxy groups -OCH3 is 1. The number of hydrazone groups is 1. The molecule has 2 aromatic rings. The Labute approximate surface area is 194 Å². The number of esters is 1. The third-order valence-electron chi connectivity index (χ3n) is 5.94. The van der Waals surface area contributed by atoms with Crippen molar-refractivity contribution in [3.63, 3.8) is 0 Å². The number of furan rings is 1.